The number of hydrogen-bond acceptors (Lipinski definition) is 3. The van der Waals surface area contributed by atoms with Crippen LogP contribution in [-0.2, 0) is 22.8 Å². The van der Waals surface area contributed by atoms with Gasteiger partial charge in [-0.2, -0.15) is 13.2 Å². The first-order chi connectivity index (χ1) is 17.7. The van der Waals surface area contributed by atoms with Gasteiger partial charge in [0, 0.05) is 24.7 Å². The summed E-state index contributed by atoms with van der Waals surface area (Å²) in [6.07, 6.45) is 4.39. The van der Waals surface area contributed by atoms with Crippen molar-refractivity contribution in [3.05, 3.63) is 71.2 Å². The van der Waals surface area contributed by atoms with E-state index in [2.05, 4.69) is 15.6 Å². The van der Waals surface area contributed by atoms with Crippen molar-refractivity contribution in [3.8, 4) is 0 Å². The molecule has 0 saturated heterocycles. The molecule has 2 amide bonds. The number of carbonyl (C=O) groups is 2. The Bertz CT molecular complexity index is 1270. The van der Waals surface area contributed by atoms with E-state index in [1.54, 1.807) is 40.9 Å². The molecule has 0 radical (unpaired) electrons. The summed E-state index contributed by atoms with van der Waals surface area (Å²) in [6, 6.07) is 10.6. The van der Waals surface area contributed by atoms with Gasteiger partial charge in [0.05, 0.1) is 17.7 Å². The molecule has 6 nitrogen and oxygen atoms in total. The minimum Gasteiger partial charge on any atom is -0.355 e. The van der Waals surface area contributed by atoms with Gasteiger partial charge in [0.1, 0.15) is 11.3 Å². The number of halogens is 3. The van der Waals surface area contributed by atoms with E-state index in [0.29, 0.717) is 36.0 Å². The molecule has 2 fully saturated rings. The molecular weight excluding hydrogens is 481 g/mol. The van der Waals surface area contributed by atoms with Gasteiger partial charge in [-0.05, 0) is 61.4 Å². The van der Waals surface area contributed by atoms with Crippen LogP contribution in [0.2, 0.25) is 0 Å². The molecule has 0 unspecified atom stereocenters. The molecule has 37 heavy (non-hydrogen) atoms. The Hall–Kier alpha value is -3.36. The number of rotatable bonds is 8. The van der Waals surface area contributed by atoms with E-state index in [9.17, 15) is 22.8 Å². The second-order valence-corrected chi connectivity index (χ2v) is 10.4. The van der Waals surface area contributed by atoms with E-state index in [-0.39, 0.29) is 18.2 Å². The number of carbonyl (C=O) groups excluding carboxylic acids is 2. The van der Waals surface area contributed by atoms with Crippen LogP contribution in [0.5, 0.6) is 0 Å². The molecule has 2 saturated carbocycles. The molecule has 3 aromatic rings. The minimum atomic E-state index is -4.38. The largest absolute Gasteiger partial charge is 0.416 e. The Morgan fingerprint density at radius 2 is 1.73 bits per heavy atom. The van der Waals surface area contributed by atoms with Crippen LogP contribution >= 0.6 is 0 Å². The third-order valence-electron chi connectivity index (χ3n) is 7.62. The van der Waals surface area contributed by atoms with Gasteiger partial charge in [-0.1, -0.05) is 37.5 Å². The highest BCUT2D eigenvalue weighted by Gasteiger charge is 2.36. The quantitative estimate of drug-likeness (QED) is 0.443. The number of pyridine rings is 1. The van der Waals surface area contributed by atoms with Crippen LogP contribution in [0.15, 0.2) is 48.7 Å². The predicted octanol–water partition coefficient (Wildman–Crippen LogP) is 5.05. The van der Waals surface area contributed by atoms with Gasteiger partial charge < -0.3 is 10.6 Å². The molecule has 1 aromatic carbocycles. The highest BCUT2D eigenvalue weighted by molar-refractivity contribution is 5.93. The Morgan fingerprint density at radius 1 is 1.00 bits per heavy atom. The maximum absolute atomic E-state index is 13.3. The van der Waals surface area contributed by atoms with Gasteiger partial charge in [0.25, 0.3) is 5.91 Å². The first-order valence-corrected chi connectivity index (χ1v) is 12.9. The third kappa shape index (κ3) is 5.81. The molecule has 2 aromatic heterocycles. The molecule has 9 heteroatoms. The SMILES string of the molecule is O=C(Cc1cn2c(C(=O)NCC3(c4ccc(C(F)(F)F)cc4)CCCCC3)cccc2n1)NCC1CC1. The van der Waals surface area contributed by atoms with E-state index >= 15 is 0 Å². The summed E-state index contributed by atoms with van der Waals surface area (Å²) in [5.41, 5.74) is 1.30. The summed E-state index contributed by atoms with van der Waals surface area (Å²) in [5.74, 6) is 0.219. The van der Waals surface area contributed by atoms with Crippen molar-refractivity contribution >= 4 is 17.5 Å². The molecule has 2 N–H and O–H groups in total. The van der Waals surface area contributed by atoms with Gasteiger partial charge in [-0.25, -0.2) is 4.98 Å². The predicted molar refractivity (Wildman–Crippen MR) is 133 cm³/mol. The van der Waals surface area contributed by atoms with Crippen molar-refractivity contribution in [3.63, 3.8) is 0 Å². The van der Waals surface area contributed by atoms with Gasteiger partial charge in [0.2, 0.25) is 5.91 Å². The van der Waals surface area contributed by atoms with Crippen LogP contribution < -0.4 is 10.6 Å². The number of benzene rings is 1. The summed E-state index contributed by atoms with van der Waals surface area (Å²) in [6.45, 7) is 1.03. The smallest absolute Gasteiger partial charge is 0.355 e. The van der Waals surface area contributed by atoms with E-state index in [4.69, 9.17) is 0 Å². The summed E-state index contributed by atoms with van der Waals surface area (Å²) in [7, 11) is 0. The van der Waals surface area contributed by atoms with Crippen LogP contribution in [0.3, 0.4) is 0 Å². The maximum atomic E-state index is 13.3. The molecule has 0 aliphatic heterocycles. The normalized spacial score (nSPS) is 17.5. The van der Waals surface area contributed by atoms with Crippen molar-refractivity contribution in [2.45, 2.75) is 63.0 Å². The molecule has 0 spiro atoms. The van der Waals surface area contributed by atoms with Gasteiger partial charge in [-0.3, -0.25) is 14.0 Å². The van der Waals surface area contributed by atoms with Gasteiger partial charge in [-0.15, -0.1) is 0 Å². The summed E-state index contributed by atoms with van der Waals surface area (Å²) in [4.78, 5) is 30.1. The second kappa shape index (κ2) is 10.2. The second-order valence-electron chi connectivity index (χ2n) is 10.4. The van der Waals surface area contributed by atoms with Crippen molar-refractivity contribution < 1.29 is 22.8 Å². The topological polar surface area (TPSA) is 75.5 Å². The van der Waals surface area contributed by atoms with Gasteiger partial charge in [0.15, 0.2) is 0 Å². The van der Waals surface area contributed by atoms with Crippen molar-refractivity contribution in [1.82, 2.24) is 20.0 Å². The minimum absolute atomic E-state index is 0.0860. The van der Waals surface area contributed by atoms with E-state index < -0.39 is 17.2 Å². The Balaban J connectivity index is 1.31. The lowest BCUT2D eigenvalue weighted by Gasteiger charge is -2.38. The monoisotopic (exact) mass is 512 g/mol. The lowest BCUT2D eigenvalue weighted by atomic mass is 9.69. The highest BCUT2D eigenvalue weighted by atomic mass is 19.4. The van der Waals surface area contributed by atoms with E-state index in [1.165, 1.54) is 0 Å². The van der Waals surface area contributed by atoms with E-state index in [0.717, 1.165) is 62.6 Å². The van der Waals surface area contributed by atoms with Crippen molar-refractivity contribution in [2.24, 2.45) is 5.92 Å². The fraction of sp³-hybridized carbons (Fsp3) is 0.464. The molecule has 0 atom stereocenters. The van der Waals surface area contributed by atoms with Crippen LogP contribution in [0, 0.1) is 5.92 Å². The first-order valence-electron chi connectivity index (χ1n) is 12.9. The van der Waals surface area contributed by atoms with Crippen LogP contribution in [0.25, 0.3) is 5.65 Å². The fourth-order valence-corrected chi connectivity index (χ4v) is 5.29. The zero-order valence-electron chi connectivity index (χ0n) is 20.6. The molecule has 2 aliphatic carbocycles. The third-order valence-corrected chi connectivity index (χ3v) is 7.62. The molecule has 2 aliphatic rings. The number of amides is 2. The average molecular weight is 513 g/mol. The zero-order valence-corrected chi connectivity index (χ0v) is 20.6. The van der Waals surface area contributed by atoms with Crippen LogP contribution in [0.1, 0.15) is 72.3 Å². The number of imidazole rings is 1. The number of nitrogens with one attached hydrogen (secondary N) is 2. The average Bonchev–Trinajstić information content (AvgIpc) is 3.63. The molecule has 0 bridgehead atoms. The number of nitrogens with zero attached hydrogens (tertiary/aromatic N) is 2. The maximum Gasteiger partial charge on any atom is 0.416 e. The first kappa shape index (κ1) is 25.3. The van der Waals surface area contributed by atoms with E-state index in [1.807, 2.05) is 0 Å². The van der Waals surface area contributed by atoms with Crippen molar-refractivity contribution in [1.29, 1.82) is 0 Å². The molecule has 2 heterocycles. The number of alkyl halides is 3. The number of hydrogen-bond donors (Lipinski definition) is 2. The molecule has 5 rings (SSSR count). The number of fused-ring (bicyclic) bond motifs is 1. The molecule has 196 valence electrons. The standard InChI is InChI=1S/C28H31F3N4O2/c29-28(30,31)21-11-9-20(10-12-21)27(13-2-1-3-14-27)18-33-26(37)23-5-4-6-24-34-22(17-35(23)24)15-25(36)32-16-19-7-8-19/h4-6,9-12,17,19H,1-3,7-8,13-16,18H2,(H,32,36)(H,33,37). The van der Waals surface area contributed by atoms with Gasteiger partial charge >= 0.3 is 6.18 Å². The number of aromatic nitrogens is 2. The lowest BCUT2D eigenvalue weighted by Crippen LogP contribution is -2.42. The van der Waals surface area contributed by atoms with Crippen molar-refractivity contribution in [2.75, 3.05) is 13.1 Å². The Kier molecular flexibility index (Phi) is 6.96. The van der Waals surface area contributed by atoms with Crippen LogP contribution in [-0.4, -0.2) is 34.3 Å². The lowest BCUT2D eigenvalue weighted by molar-refractivity contribution is -0.137. The Morgan fingerprint density at radius 3 is 2.41 bits per heavy atom. The Labute approximate surface area is 213 Å². The summed E-state index contributed by atoms with van der Waals surface area (Å²) >= 11 is 0. The molecular formula is C28H31F3N4O2. The highest BCUT2D eigenvalue weighted by Crippen LogP contribution is 2.40. The van der Waals surface area contributed by atoms with Crippen LogP contribution in [0.4, 0.5) is 13.2 Å². The zero-order chi connectivity index (χ0) is 26.0. The fourth-order valence-electron chi connectivity index (χ4n) is 5.29. The summed E-state index contributed by atoms with van der Waals surface area (Å²) < 4.78 is 40.9. The summed E-state index contributed by atoms with van der Waals surface area (Å²) in [5, 5.41) is 5.98.